The number of rotatable bonds is 5. The van der Waals surface area contributed by atoms with Crippen molar-refractivity contribution in [3.63, 3.8) is 0 Å². The summed E-state index contributed by atoms with van der Waals surface area (Å²) in [5, 5.41) is 43.5. The number of carbonyl (C=O) groups is 1. The quantitative estimate of drug-likeness (QED) is 0.250. The van der Waals surface area contributed by atoms with Gasteiger partial charge in [0, 0.05) is 0 Å². The van der Waals surface area contributed by atoms with Gasteiger partial charge < -0.3 is 30.3 Å². The van der Waals surface area contributed by atoms with Crippen molar-refractivity contribution in [2.24, 2.45) is 0 Å². The first-order valence-corrected chi connectivity index (χ1v) is 3.83. The number of carbonyl (C=O) groups excluding carboxylic acids is 1. The Morgan fingerprint density at radius 1 is 1.07 bits per heavy atom. The summed E-state index contributed by atoms with van der Waals surface area (Å²) in [4.78, 5) is 9.90. The fourth-order valence-electron chi connectivity index (χ4n) is 0.618. The standard InChI is InChI=1S/C6H12O6.C2H4/c7-1-3(9)5(11)6(12)4(10)2-8;1-2/h1,3-6,8-12H,2H2;1-2H2/t3-,4+,5+,6+;/m0./s1. The summed E-state index contributed by atoms with van der Waals surface area (Å²) < 4.78 is 0. The van der Waals surface area contributed by atoms with Crippen LogP contribution in [-0.4, -0.2) is 62.8 Å². The third-order valence-electron chi connectivity index (χ3n) is 1.42. The molecule has 0 fully saturated rings. The molecule has 0 aliphatic rings. The lowest BCUT2D eigenvalue weighted by molar-refractivity contribution is -0.136. The zero-order chi connectivity index (χ0) is 11.7. The van der Waals surface area contributed by atoms with Crippen molar-refractivity contribution in [1.82, 2.24) is 0 Å². The second kappa shape index (κ2) is 8.79. The molecule has 0 aromatic heterocycles. The van der Waals surface area contributed by atoms with Gasteiger partial charge in [-0.2, -0.15) is 0 Å². The van der Waals surface area contributed by atoms with E-state index in [-0.39, 0.29) is 6.29 Å². The molecule has 4 atom stereocenters. The predicted molar refractivity (Wildman–Crippen MR) is 48.4 cm³/mol. The van der Waals surface area contributed by atoms with Gasteiger partial charge in [0.1, 0.15) is 24.4 Å². The molecule has 0 aliphatic heterocycles. The van der Waals surface area contributed by atoms with Gasteiger partial charge in [-0.15, -0.1) is 13.2 Å². The van der Waals surface area contributed by atoms with E-state index in [2.05, 4.69) is 13.2 Å². The van der Waals surface area contributed by atoms with E-state index in [1.165, 1.54) is 0 Å². The highest BCUT2D eigenvalue weighted by Crippen LogP contribution is 2.02. The molecule has 0 amide bonds. The Bertz CT molecular complexity index is 151. The highest BCUT2D eigenvalue weighted by molar-refractivity contribution is 5.56. The summed E-state index contributed by atoms with van der Waals surface area (Å²) in [7, 11) is 0. The fourth-order valence-corrected chi connectivity index (χ4v) is 0.618. The maximum Gasteiger partial charge on any atom is 0.151 e. The van der Waals surface area contributed by atoms with Gasteiger partial charge in [0.25, 0.3) is 0 Å². The van der Waals surface area contributed by atoms with E-state index in [9.17, 15) is 4.79 Å². The van der Waals surface area contributed by atoms with Crippen LogP contribution in [0.2, 0.25) is 0 Å². The Kier molecular flexibility index (Phi) is 9.84. The first-order valence-electron chi connectivity index (χ1n) is 3.83. The topological polar surface area (TPSA) is 118 Å². The monoisotopic (exact) mass is 208 g/mol. The van der Waals surface area contributed by atoms with Crippen LogP contribution in [-0.2, 0) is 4.79 Å². The van der Waals surface area contributed by atoms with E-state index in [1.807, 2.05) is 0 Å². The van der Waals surface area contributed by atoms with Crippen LogP contribution in [0.25, 0.3) is 0 Å². The minimum atomic E-state index is -1.79. The molecular formula is C8H16O6. The Labute approximate surface area is 81.7 Å². The second-order valence-electron chi connectivity index (χ2n) is 2.36. The lowest BCUT2D eigenvalue weighted by Crippen LogP contribution is -2.46. The fraction of sp³-hybridized carbons (Fsp3) is 0.625. The van der Waals surface area contributed by atoms with E-state index in [1.54, 1.807) is 0 Å². The number of aliphatic hydroxyl groups excluding tert-OH is 5. The number of hydrogen-bond acceptors (Lipinski definition) is 6. The number of hydrogen-bond donors (Lipinski definition) is 5. The van der Waals surface area contributed by atoms with E-state index in [4.69, 9.17) is 25.5 Å². The van der Waals surface area contributed by atoms with Crippen molar-refractivity contribution in [3.05, 3.63) is 13.2 Å². The molecule has 0 saturated heterocycles. The molecule has 0 heterocycles. The highest BCUT2D eigenvalue weighted by atomic mass is 16.4. The zero-order valence-corrected chi connectivity index (χ0v) is 7.65. The van der Waals surface area contributed by atoms with Crippen LogP contribution in [0, 0.1) is 0 Å². The van der Waals surface area contributed by atoms with Crippen molar-refractivity contribution >= 4 is 6.29 Å². The summed E-state index contributed by atoms with van der Waals surface area (Å²) in [5.74, 6) is 0. The first kappa shape index (κ1) is 15.7. The van der Waals surface area contributed by atoms with Gasteiger partial charge >= 0.3 is 0 Å². The molecule has 0 saturated carbocycles. The van der Waals surface area contributed by atoms with Crippen LogP contribution < -0.4 is 0 Å². The first-order chi connectivity index (χ1) is 6.54. The molecule has 6 nitrogen and oxygen atoms in total. The van der Waals surface area contributed by atoms with Gasteiger partial charge in [0.2, 0.25) is 0 Å². The lowest BCUT2D eigenvalue weighted by atomic mass is 10.0. The normalized spacial score (nSPS) is 18.4. The van der Waals surface area contributed by atoms with Crippen molar-refractivity contribution < 1.29 is 30.3 Å². The molecule has 14 heavy (non-hydrogen) atoms. The Morgan fingerprint density at radius 3 is 1.79 bits per heavy atom. The van der Waals surface area contributed by atoms with Crippen LogP contribution in [0.1, 0.15) is 0 Å². The molecule has 0 rings (SSSR count). The largest absolute Gasteiger partial charge is 0.394 e. The average Bonchev–Trinajstić information content (AvgIpc) is 2.27. The van der Waals surface area contributed by atoms with Crippen molar-refractivity contribution in [3.8, 4) is 0 Å². The van der Waals surface area contributed by atoms with E-state index in [0.29, 0.717) is 0 Å². The summed E-state index contributed by atoms with van der Waals surface area (Å²) in [6.07, 6.45) is -6.84. The lowest BCUT2D eigenvalue weighted by Gasteiger charge is -2.22. The summed E-state index contributed by atoms with van der Waals surface area (Å²) in [5.41, 5.74) is 0. The average molecular weight is 208 g/mol. The summed E-state index contributed by atoms with van der Waals surface area (Å²) in [6.45, 7) is 5.24. The molecule has 0 aromatic carbocycles. The molecule has 0 aromatic rings. The number of aliphatic hydroxyl groups is 5. The predicted octanol–water partition coefficient (Wildman–Crippen LogP) is -2.58. The molecule has 6 heteroatoms. The van der Waals surface area contributed by atoms with Crippen molar-refractivity contribution in [2.45, 2.75) is 24.4 Å². The van der Waals surface area contributed by atoms with E-state index in [0.717, 1.165) is 0 Å². The molecule has 0 radical (unpaired) electrons. The molecule has 0 spiro atoms. The molecular weight excluding hydrogens is 192 g/mol. The maximum atomic E-state index is 9.90. The van der Waals surface area contributed by atoms with E-state index < -0.39 is 31.0 Å². The summed E-state index contributed by atoms with van der Waals surface area (Å²) in [6, 6.07) is 0. The Hall–Kier alpha value is -0.790. The highest BCUT2D eigenvalue weighted by Gasteiger charge is 2.29. The zero-order valence-electron chi connectivity index (χ0n) is 7.65. The van der Waals surface area contributed by atoms with Gasteiger partial charge in [0.05, 0.1) is 6.61 Å². The number of aldehydes is 1. The van der Waals surface area contributed by atoms with Crippen molar-refractivity contribution in [1.29, 1.82) is 0 Å². The smallest absolute Gasteiger partial charge is 0.151 e. The van der Waals surface area contributed by atoms with Crippen molar-refractivity contribution in [2.75, 3.05) is 6.61 Å². The van der Waals surface area contributed by atoms with Crippen LogP contribution in [0.5, 0.6) is 0 Å². The second-order valence-corrected chi connectivity index (χ2v) is 2.36. The Morgan fingerprint density at radius 2 is 1.50 bits per heavy atom. The van der Waals surface area contributed by atoms with Gasteiger partial charge in [-0.05, 0) is 0 Å². The molecule has 5 N–H and O–H groups in total. The van der Waals surface area contributed by atoms with Gasteiger partial charge in [0.15, 0.2) is 6.29 Å². The van der Waals surface area contributed by atoms with E-state index >= 15 is 0 Å². The minimum absolute atomic E-state index is 0.0258. The molecule has 0 bridgehead atoms. The molecule has 84 valence electrons. The van der Waals surface area contributed by atoms with Gasteiger partial charge in [-0.3, -0.25) is 0 Å². The van der Waals surface area contributed by atoms with Crippen LogP contribution >= 0.6 is 0 Å². The summed E-state index contributed by atoms with van der Waals surface area (Å²) >= 11 is 0. The third-order valence-corrected chi connectivity index (χ3v) is 1.42. The van der Waals surface area contributed by atoms with Gasteiger partial charge in [-0.1, -0.05) is 0 Å². The van der Waals surface area contributed by atoms with Crippen LogP contribution in [0.15, 0.2) is 13.2 Å². The minimum Gasteiger partial charge on any atom is -0.394 e. The van der Waals surface area contributed by atoms with Crippen LogP contribution in [0.3, 0.4) is 0 Å². The molecule has 0 unspecified atom stereocenters. The maximum absolute atomic E-state index is 9.90. The Balaban J connectivity index is 0. The van der Waals surface area contributed by atoms with Crippen LogP contribution in [0.4, 0.5) is 0 Å². The molecule has 0 aliphatic carbocycles. The SMILES string of the molecule is C=C.O=C[C@H](O)[C@@H](O)[C@H](O)[C@H](O)CO. The van der Waals surface area contributed by atoms with Gasteiger partial charge in [-0.25, -0.2) is 0 Å². The third kappa shape index (κ3) is 5.05.